The number of hydrogen-bond donors (Lipinski definition) is 1. The molecule has 1 saturated heterocycles. The summed E-state index contributed by atoms with van der Waals surface area (Å²) in [6, 6.07) is 0. The Bertz CT molecular complexity index is 520. The van der Waals surface area contributed by atoms with E-state index < -0.39 is 10.0 Å². The quantitative estimate of drug-likeness (QED) is 0.831. The third kappa shape index (κ3) is 4.10. The predicted octanol–water partition coefficient (Wildman–Crippen LogP) is 0.750. The lowest BCUT2D eigenvalue weighted by molar-refractivity contribution is 0.211. The van der Waals surface area contributed by atoms with Gasteiger partial charge in [0.1, 0.15) is 4.90 Å². The maximum Gasteiger partial charge on any atom is 0.243 e. The molecule has 1 unspecified atom stereocenters. The lowest BCUT2D eigenvalue weighted by Crippen LogP contribution is -2.39. The Balaban J connectivity index is 1.96. The monoisotopic (exact) mass is 304 g/mol. The van der Waals surface area contributed by atoms with Crippen LogP contribution in [0.1, 0.15) is 12.8 Å². The fourth-order valence-electron chi connectivity index (χ4n) is 2.19. The summed E-state index contributed by atoms with van der Waals surface area (Å²) in [4.78, 5) is 9.62. The molecule has 1 aliphatic heterocycles. The van der Waals surface area contributed by atoms with Crippen LogP contribution in [0.15, 0.2) is 17.3 Å². The molecule has 1 N–H and O–H groups in total. The van der Waals surface area contributed by atoms with Crippen molar-refractivity contribution in [3.05, 3.63) is 17.7 Å². The molecule has 1 atom stereocenters. The van der Waals surface area contributed by atoms with Crippen LogP contribution < -0.4 is 4.72 Å². The van der Waals surface area contributed by atoms with Crippen molar-refractivity contribution in [2.45, 2.75) is 17.7 Å². The Morgan fingerprint density at radius 2 is 2.16 bits per heavy atom. The second-order valence-corrected chi connectivity index (χ2v) is 6.92. The summed E-state index contributed by atoms with van der Waals surface area (Å²) in [6.45, 7) is 2.43. The third-order valence-corrected chi connectivity index (χ3v) is 4.76. The van der Waals surface area contributed by atoms with Gasteiger partial charge in [-0.1, -0.05) is 0 Å². The minimum atomic E-state index is -3.55. The molecule has 0 bridgehead atoms. The van der Waals surface area contributed by atoms with Gasteiger partial charge in [0, 0.05) is 13.1 Å². The second kappa shape index (κ2) is 6.13. The average molecular weight is 305 g/mol. The molecule has 1 fully saturated rings. The summed E-state index contributed by atoms with van der Waals surface area (Å²) in [7, 11) is -1.50. The van der Waals surface area contributed by atoms with Gasteiger partial charge in [-0.15, -0.1) is 0 Å². The molecular formula is C11H17ClN4O2S. The predicted molar refractivity (Wildman–Crippen MR) is 72.5 cm³/mol. The van der Waals surface area contributed by atoms with Gasteiger partial charge in [0.05, 0.1) is 12.4 Å². The lowest BCUT2D eigenvalue weighted by Gasteiger charge is -2.29. The van der Waals surface area contributed by atoms with E-state index in [1.165, 1.54) is 12.4 Å². The van der Waals surface area contributed by atoms with Gasteiger partial charge >= 0.3 is 0 Å². The van der Waals surface area contributed by atoms with Crippen LogP contribution >= 0.6 is 11.6 Å². The van der Waals surface area contributed by atoms with Crippen molar-refractivity contribution in [2.75, 3.05) is 26.7 Å². The molecule has 0 radical (unpaired) electrons. The summed E-state index contributed by atoms with van der Waals surface area (Å²) in [5.41, 5.74) is 0. The molecule has 0 saturated carbocycles. The Morgan fingerprint density at radius 1 is 1.47 bits per heavy atom. The number of piperidine rings is 1. The van der Waals surface area contributed by atoms with E-state index in [0.717, 1.165) is 25.9 Å². The first-order chi connectivity index (χ1) is 8.97. The van der Waals surface area contributed by atoms with Crippen molar-refractivity contribution < 1.29 is 8.42 Å². The normalized spacial score (nSPS) is 21.5. The van der Waals surface area contributed by atoms with Crippen molar-refractivity contribution in [1.82, 2.24) is 19.6 Å². The average Bonchev–Trinajstić information content (AvgIpc) is 2.37. The highest BCUT2D eigenvalue weighted by Gasteiger charge is 2.21. The molecule has 8 heteroatoms. The Morgan fingerprint density at radius 3 is 2.79 bits per heavy atom. The maximum atomic E-state index is 12.0. The highest BCUT2D eigenvalue weighted by atomic mass is 35.5. The van der Waals surface area contributed by atoms with E-state index in [2.05, 4.69) is 19.6 Å². The Hall–Kier alpha value is -0.760. The molecule has 6 nitrogen and oxygen atoms in total. The molecule has 0 spiro atoms. The van der Waals surface area contributed by atoms with Gasteiger partial charge in [-0.3, -0.25) is 0 Å². The first-order valence-electron chi connectivity index (χ1n) is 6.13. The van der Waals surface area contributed by atoms with Gasteiger partial charge in [-0.2, -0.15) is 0 Å². The molecule has 2 heterocycles. The number of aromatic nitrogens is 2. The van der Waals surface area contributed by atoms with Crippen molar-refractivity contribution in [2.24, 2.45) is 5.92 Å². The van der Waals surface area contributed by atoms with E-state index in [1.807, 2.05) is 7.05 Å². The van der Waals surface area contributed by atoms with Crippen molar-refractivity contribution in [1.29, 1.82) is 0 Å². The fourth-order valence-corrected chi connectivity index (χ4v) is 3.29. The highest BCUT2D eigenvalue weighted by Crippen LogP contribution is 2.15. The minimum absolute atomic E-state index is 0.0351. The summed E-state index contributed by atoms with van der Waals surface area (Å²) in [5.74, 6) is 0.349. The van der Waals surface area contributed by atoms with Crippen molar-refractivity contribution >= 4 is 21.6 Å². The largest absolute Gasteiger partial charge is 0.306 e. The Labute approximate surface area is 118 Å². The van der Waals surface area contributed by atoms with Crippen LogP contribution in [0.3, 0.4) is 0 Å². The zero-order valence-electron chi connectivity index (χ0n) is 10.7. The zero-order valence-corrected chi connectivity index (χ0v) is 12.3. The molecule has 0 amide bonds. The molecule has 0 aliphatic carbocycles. The molecule has 1 aromatic heterocycles. The minimum Gasteiger partial charge on any atom is -0.306 e. The third-order valence-electron chi connectivity index (χ3n) is 3.19. The Kier molecular flexibility index (Phi) is 4.72. The molecular weight excluding hydrogens is 288 g/mol. The van der Waals surface area contributed by atoms with Crippen LogP contribution in [0.5, 0.6) is 0 Å². The highest BCUT2D eigenvalue weighted by molar-refractivity contribution is 7.89. The zero-order chi connectivity index (χ0) is 13.9. The van der Waals surface area contributed by atoms with Crippen LogP contribution in [-0.2, 0) is 10.0 Å². The van der Waals surface area contributed by atoms with Gasteiger partial charge < -0.3 is 4.90 Å². The molecule has 1 aliphatic rings. The summed E-state index contributed by atoms with van der Waals surface area (Å²) in [5, 5.41) is 0.0351. The summed E-state index contributed by atoms with van der Waals surface area (Å²) >= 11 is 5.53. The number of halogens is 1. The van der Waals surface area contributed by atoms with E-state index in [-0.39, 0.29) is 10.2 Å². The first-order valence-corrected chi connectivity index (χ1v) is 7.99. The van der Waals surface area contributed by atoms with Gasteiger partial charge in [-0.25, -0.2) is 23.1 Å². The topological polar surface area (TPSA) is 75.2 Å². The first kappa shape index (κ1) is 14.6. The van der Waals surface area contributed by atoms with E-state index in [9.17, 15) is 8.42 Å². The van der Waals surface area contributed by atoms with Crippen LogP contribution in [0, 0.1) is 5.92 Å². The number of sulfonamides is 1. The van der Waals surface area contributed by atoms with Crippen LogP contribution in [0.2, 0.25) is 5.28 Å². The number of nitrogens with one attached hydrogen (secondary N) is 1. The standard InChI is InChI=1S/C11H17ClN4O2S/c1-16-4-2-3-9(8-16)5-15-19(17,18)10-6-13-11(12)14-7-10/h6-7,9,15H,2-5,8H2,1H3. The van der Waals surface area contributed by atoms with E-state index >= 15 is 0 Å². The van der Waals surface area contributed by atoms with E-state index in [0.29, 0.717) is 12.5 Å². The van der Waals surface area contributed by atoms with Crippen molar-refractivity contribution in [3.8, 4) is 0 Å². The number of likely N-dealkylation sites (tertiary alicyclic amines) is 1. The van der Waals surface area contributed by atoms with E-state index in [1.54, 1.807) is 0 Å². The van der Waals surface area contributed by atoms with Gasteiger partial charge in [-0.05, 0) is 44.0 Å². The van der Waals surface area contributed by atoms with E-state index in [4.69, 9.17) is 11.6 Å². The fraction of sp³-hybridized carbons (Fsp3) is 0.636. The SMILES string of the molecule is CN1CCCC(CNS(=O)(=O)c2cnc(Cl)nc2)C1. The second-order valence-electron chi connectivity index (χ2n) is 4.81. The van der Waals surface area contributed by atoms with Gasteiger partial charge in [0.15, 0.2) is 0 Å². The lowest BCUT2D eigenvalue weighted by atomic mass is 9.99. The number of nitrogens with zero attached hydrogens (tertiary/aromatic N) is 3. The van der Waals surface area contributed by atoms with Gasteiger partial charge in [0.25, 0.3) is 0 Å². The number of hydrogen-bond acceptors (Lipinski definition) is 5. The number of rotatable bonds is 4. The molecule has 1 aromatic rings. The molecule has 106 valence electrons. The smallest absolute Gasteiger partial charge is 0.243 e. The molecule has 2 rings (SSSR count). The summed E-state index contributed by atoms with van der Waals surface area (Å²) < 4.78 is 26.6. The van der Waals surface area contributed by atoms with Crippen LogP contribution in [-0.4, -0.2) is 50.0 Å². The van der Waals surface area contributed by atoms with Crippen LogP contribution in [0.25, 0.3) is 0 Å². The van der Waals surface area contributed by atoms with Gasteiger partial charge in [0.2, 0.25) is 15.3 Å². The maximum absolute atomic E-state index is 12.0. The molecule has 0 aromatic carbocycles. The van der Waals surface area contributed by atoms with Crippen LogP contribution in [0.4, 0.5) is 0 Å². The molecule has 19 heavy (non-hydrogen) atoms. The van der Waals surface area contributed by atoms with Crippen molar-refractivity contribution in [3.63, 3.8) is 0 Å². The summed E-state index contributed by atoms with van der Waals surface area (Å²) in [6.07, 6.45) is 4.58.